The molecule has 0 spiro atoms. The van der Waals surface area contributed by atoms with Crippen LogP contribution < -0.4 is 5.84 Å². The molecule has 102 valence electrons. The van der Waals surface area contributed by atoms with Crippen molar-refractivity contribution < 1.29 is 14.3 Å². The van der Waals surface area contributed by atoms with Gasteiger partial charge in [0.1, 0.15) is 5.60 Å². The predicted octanol–water partition coefficient (Wildman–Crippen LogP) is -0.507. The lowest BCUT2D eigenvalue weighted by molar-refractivity contribution is -0.138. The smallest absolute Gasteiger partial charge is 0.307 e. The first-order valence-electron chi connectivity index (χ1n) is 5.23. The fourth-order valence-corrected chi connectivity index (χ4v) is 0.674. The number of ether oxygens (including phenoxy) is 1. The summed E-state index contributed by atoms with van der Waals surface area (Å²) in [6, 6.07) is 0. The fraction of sp³-hybridized carbons (Fsp3) is 0.667. The highest BCUT2D eigenvalue weighted by atomic mass is 16.5. The number of H-pyrrole nitrogens is 1. The van der Waals surface area contributed by atoms with Crippen molar-refractivity contribution in [3.63, 3.8) is 0 Å². The number of nitrogens with two attached hydrogens (primary N) is 1. The van der Waals surface area contributed by atoms with Crippen LogP contribution in [-0.4, -0.2) is 50.2 Å². The van der Waals surface area contributed by atoms with Gasteiger partial charge in [-0.3, -0.25) is 14.6 Å². The van der Waals surface area contributed by atoms with Gasteiger partial charge in [0.2, 0.25) is 5.82 Å². The second-order valence-corrected chi connectivity index (χ2v) is 4.17. The van der Waals surface area contributed by atoms with E-state index < -0.39 is 5.91 Å². The van der Waals surface area contributed by atoms with E-state index in [1.807, 2.05) is 20.8 Å². The summed E-state index contributed by atoms with van der Waals surface area (Å²) < 4.78 is 4.55. The summed E-state index contributed by atoms with van der Waals surface area (Å²) in [5, 5.41) is 13.2. The molecule has 1 aromatic rings. The molecule has 0 aliphatic rings. The average Bonchev–Trinajstić information content (AvgIpc) is 2.79. The SMILES string of the molecule is CC(C)(C)OC=O.CCN(N)C(=O)c1nnn[nH]1. The highest BCUT2D eigenvalue weighted by Crippen LogP contribution is 2.02. The van der Waals surface area contributed by atoms with Crippen LogP contribution in [0.3, 0.4) is 0 Å². The number of hydrogen-bond donors (Lipinski definition) is 2. The van der Waals surface area contributed by atoms with E-state index in [0.717, 1.165) is 5.01 Å². The molecular weight excluding hydrogens is 240 g/mol. The van der Waals surface area contributed by atoms with Crippen LogP contribution in [-0.2, 0) is 9.53 Å². The average molecular weight is 258 g/mol. The minimum Gasteiger partial charge on any atom is -0.462 e. The molecule has 1 aromatic heterocycles. The molecule has 18 heavy (non-hydrogen) atoms. The summed E-state index contributed by atoms with van der Waals surface area (Å²) in [5.41, 5.74) is -0.318. The number of carbonyl (C=O) groups excluding carboxylic acids is 2. The maximum absolute atomic E-state index is 11.1. The molecule has 0 aromatic carbocycles. The van der Waals surface area contributed by atoms with E-state index in [2.05, 4.69) is 25.4 Å². The largest absolute Gasteiger partial charge is 0.462 e. The number of amides is 1. The molecule has 1 amide bonds. The maximum atomic E-state index is 11.1. The first-order chi connectivity index (χ1) is 8.31. The van der Waals surface area contributed by atoms with Crippen molar-refractivity contribution in [3.8, 4) is 0 Å². The van der Waals surface area contributed by atoms with Crippen LogP contribution in [0.1, 0.15) is 38.3 Å². The summed E-state index contributed by atoms with van der Waals surface area (Å²) in [4.78, 5) is 20.7. The summed E-state index contributed by atoms with van der Waals surface area (Å²) in [7, 11) is 0. The van der Waals surface area contributed by atoms with Gasteiger partial charge in [-0.1, -0.05) is 0 Å². The van der Waals surface area contributed by atoms with E-state index in [1.54, 1.807) is 6.92 Å². The lowest BCUT2D eigenvalue weighted by Gasteiger charge is -2.14. The Morgan fingerprint density at radius 2 is 2.17 bits per heavy atom. The number of carbonyl (C=O) groups is 2. The number of aromatic nitrogens is 4. The minimum absolute atomic E-state index is 0.0503. The highest BCUT2D eigenvalue weighted by Gasteiger charge is 2.13. The van der Waals surface area contributed by atoms with E-state index in [1.165, 1.54) is 0 Å². The van der Waals surface area contributed by atoms with Crippen molar-refractivity contribution in [3.05, 3.63) is 5.82 Å². The molecule has 0 aliphatic heterocycles. The second kappa shape index (κ2) is 7.33. The Balaban J connectivity index is 0.000000360. The van der Waals surface area contributed by atoms with Crippen molar-refractivity contribution in [2.75, 3.05) is 6.54 Å². The van der Waals surface area contributed by atoms with E-state index in [4.69, 9.17) is 5.84 Å². The third-order valence-corrected chi connectivity index (χ3v) is 1.55. The first kappa shape index (κ1) is 16.0. The molecule has 0 saturated heterocycles. The zero-order valence-corrected chi connectivity index (χ0v) is 10.9. The zero-order chi connectivity index (χ0) is 14.2. The molecule has 0 bridgehead atoms. The van der Waals surface area contributed by atoms with E-state index >= 15 is 0 Å². The van der Waals surface area contributed by atoms with Crippen LogP contribution >= 0.6 is 0 Å². The van der Waals surface area contributed by atoms with Crippen LogP contribution in [0.25, 0.3) is 0 Å². The lowest BCUT2D eigenvalue weighted by atomic mass is 10.2. The maximum Gasteiger partial charge on any atom is 0.307 e. The summed E-state index contributed by atoms with van der Waals surface area (Å²) in [5.74, 6) is 4.91. The quantitative estimate of drug-likeness (QED) is 0.323. The lowest BCUT2D eigenvalue weighted by Crippen LogP contribution is -2.37. The van der Waals surface area contributed by atoms with Crippen molar-refractivity contribution in [1.29, 1.82) is 0 Å². The second-order valence-electron chi connectivity index (χ2n) is 4.17. The van der Waals surface area contributed by atoms with Crippen LogP contribution in [0.4, 0.5) is 0 Å². The van der Waals surface area contributed by atoms with Gasteiger partial charge in [-0.05, 0) is 38.1 Å². The van der Waals surface area contributed by atoms with Gasteiger partial charge < -0.3 is 4.74 Å². The molecule has 9 nitrogen and oxygen atoms in total. The van der Waals surface area contributed by atoms with Gasteiger partial charge in [-0.25, -0.2) is 10.9 Å². The van der Waals surface area contributed by atoms with Gasteiger partial charge in [0.05, 0.1) is 0 Å². The Morgan fingerprint density at radius 1 is 1.56 bits per heavy atom. The first-order valence-corrected chi connectivity index (χ1v) is 5.23. The normalized spacial score (nSPS) is 10.1. The van der Waals surface area contributed by atoms with Gasteiger partial charge in [0, 0.05) is 6.54 Å². The highest BCUT2D eigenvalue weighted by molar-refractivity contribution is 5.89. The number of nitrogens with one attached hydrogen (secondary N) is 1. The van der Waals surface area contributed by atoms with Gasteiger partial charge in [0.15, 0.2) is 0 Å². The molecule has 0 fully saturated rings. The van der Waals surface area contributed by atoms with Crippen LogP contribution in [0.15, 0.2) is 0 Å². The number of rotatable bonds is 3. The van der Waals surface area contributed by atoms with Gasteiger partial charge >= 0.3 is 5.91 Å². The van der Waals surface area contributed by atoms with Crippen LogP contribution in [0.2, 0.25) is 0 Å². The number of hydrogen-bond acceptors (Lipinski definition) is 7. The third kappa shape index (κ3) is 6.53. The Morgan fingerprint density at radius 3 is 2.44 bits per heavy atom. The van der Waals surface area contributed by atoms with Gasteiger partial charge in [-0.2, -0.15) is 0 Å². The fourth-order valence-electron chi connectivity index (χ4n) is 0.674. The standard InChI is InChI=1S/C5H10O2.C4H8N6O/c1-5(2,3)7-4-6;1-2-10(5)4(11)3-6-8-9-7-3/h4H,1-3H3;2,5H2,1H3,(H,6,7,8,9). The molecule has 0 unspecified atom stereocenters. The van der Waals surface area contributed by atoms with Crippen molar-refractivity contribution in [2.45, 2.75) is 33.3 Å². The summed E-state index contributed by atoms with van der Waals surface area (Å²) in [6.07, 6.45) is 0. The molecule has 1 heterocycles. The molecule has 9 heteroatoms. The molecule has 3 N–H and O–H groups in total. The predicted molar refractivity (Wildman–Crippen MR) is 62.0 cm³/mol. The number of tetrazole rings is 1. The van der Waals surface area contributed by atoms with Crippen molar-refractivity contribution in [1.82, 2.24) is 25.6 Å². The number of hydrazine groups is 1. The monoisotopic (exact) mass is 258 g/mol. The van der Waals surface area contributed by atoms with Gasteiger partial charge in [0.25, 0.3) is 6.47 Å². The third-order valence-electron chi connectivity index (χ3n) is 1.55. The molecule has 0 saturated carbocycles. The Kier molecular flexibility index (Phi) is 6.50. The summed E-state index contributed by atoms with van der Waals surface area (Å²) in [6.45, 7) is 8.09. The topological polar surface area (TPSA) is 127 Å². The molecule has 0 aliphatic carbocycles. The van der Waals surface area contributed by atoms with Crippen LogP contribution in [0, 0.1) is 0 Å². The Hall–Kier alpha value is -2.03. The van der Waals surface area contributed by atoms with Crippen molar-refractivity contribution in [2.24, 2.45) is 5.84 Å². The van der Waals surface area contributed by atoms with Gasteiger partial charge in [-0.15, -0.1) is 5.10 Å². The zero-order valence-electron chi connectivity index (χ0n) is 10.9. The van der Waals surface area contributed by atoms with Crippen LogP contribution in [0.5, 0.6) is 0 Å². The van der Waals surface area contributed by atoms with E-state index in [0.29, 0.717) is 13.0 Å². The van der Waals surface area contributed by atoms with Crippen molar-refractivity contribution >= 4 is 12.4 Å². The molecular formula is C9H18N6O3. The summed E-state index contributed by atoms with van der Waals surface area (Å²) >= 11 is 0. The number of nitrogens with zero attached hydrogens (tertiary/aromatic N) is 4. The van der Waals surface area contributed by atoms with E-state index in [9.17, 15) is 9.59 Å². The minimum atomic E-state index is -0.419. The Bertz CT molecular complexity index is 359. The molecule has 0 radical (unpaired) electrons. The Labute approximate surface area is 105 Å². The number of aromatic amines is 1. The molecule has 0 atom stereocenters. The van der Waals surface area contributed by atoms with E-state index in [-0.39, 0.29) is 11.4 Å². The molecule has 1 rings (SSSR count).